The van der Waals surface area contributed by atoms with E-state index in [9.17, 15) is 0 Å². The smallest absolute Gasteiger partial charge is 0.164 e. The van der Waals surface area contributed by atoms with E-state index in [0.29, 0.717) is 12.6 Å². The van der Waals surface area contributed by atoms with E-state index in [0.717, 1.165) is 18.0 Å². The van der Waals surface area contributed by atoms with E-state index in [4.69, 9.17) is 4.74 Å². The molecule has 0 spiro atoms. The summed E-state index contributed by atoms with van der Waals surface area (Å²) >= 11 is 0. The molecule has 0 bridgehead atoms. The van der Waals surface area contributed by atoms with Crippen molar-refractivity contribution in [3.63, 3.8) is 0 Å². The molecule has 0 aliphatic rings. The van der Waals surface area contributed by atoms with Crippen molar-refractivity contribution in [3.8, 4) is 5.75 Å². The Hall–Kier alpha value is -1.88. The summed E-state index contributed by atoms with van der Waals surface area (Å²) in [5.41, 5.74) is 1.30. The number of benzene rings is 1. The molecule has 1 aromatic heterocycles. The van der Waals surface area contributed by atoms with Crippen molar-refractivity contribution in [2.45, 2.75) is 26.0 Å². The fraction of sp³-hybridized carbons (Fsp3) is 0.429. The van der Waals surface area contributed by atoms with Gasteiger partial charge in [0.1, 0.15) is 18.7 Å². The van der Waals surface area contributed by atoms with Crippen LogP contribution in [0.2, 0.25) is 0 Å². The van der Waals surface area contributed by atoms with E-state index in [1.165, 1.54) is 11.9 Å². The molecule has 5 heteroatoms. The van der Waals surface area contributed by atoms with Gasteiger partial charge in [0.25, 0.3) is 0 Å². The highest BCUT2D eigenvalue weighted by atomic mass is 16.5. The summed E-state index contributed by atoms with van der Waals surface area (Å²) in [6.45, 7) is 2.60. The molecule has 0 amide bonds. The highest BCUT2D eigenvalue weighted by Crippen LogP contribution is 2.14. The monoisotopic (exact) mass is 260 g/mol. The molecule has 0 saturated carbocycles. The van der Waals surface area contributed by atoms with Gasteiger partial charge in [0.2, 0.25) is 0 Å². The molecule has 1 heterocycles. The third kappa shape index (κ3) is 3.79. The zero-order valence-corrected chi connectivity index (χ0v) is 11.6. The molecule has 19 heavy (non-hydrogen) atoms. The Morgan fingerprint density at radius 1 is 1.32 bits per heavy atom. The van der Waals surface area contributed by atoms with Gasteiger partial charge in [-0.25, -0.2) is 4.98 Å². The third-order valence-corrected chi connectivity index (χ3v) is 3.13. The number of aromatic nitrogens is 3. The first-order valence-corrected chi connectivity index (χ1v) is 6.41. The Morgan fingerprint density at radius 3 is 2.63 bits per heavy atom. The normalized spacial score (nSPS) is 12.4. The molecule has 1 atom stereocenters. The average molecular weight is 260 g/mol. The summed E-state index contributed by atoms with van der Waals surface area (Å²) in [7, 11) is 3.83. The van der Waals surface area contributed by atoms with Crippen LogP contribution in [0.3, 0.4) is 0 Å². The average Bonchev–Trinajstić information content (AvgIpc) is 2.83. The molecule has 5 nitrogen and oxygen atoms in total. The van der Waals surface area contributed by atoms with Crippen molar-refractivity contribution in [3.05, 3.63) is 42.0 Å². The molecule has 1 unspecified atom stereocenters. The van der Waals surface area contributed by atoms with Gasteiger partial charge in [0.05, 0.1) is 0 Å². The zero-order valence-electron chi connectivity index (χ0n) is 11.6. The predicted molar refractivity (Wildman–Crippen MR) is 74.0 cm³/mol. The van der Waals surface area contributed by atoms with E-state index in [1.807, 2.05) is 26.2 Å². The number of hydrogen-bond acceptors (Lipinski definition) is 4. The van der Waals surface area contributed by atoms with Gasteiger partial charge in [-0.3, -0.25) is 4.68 Å². The summed E-state index contributed by atoms with van der Waals surface area (Å²) in [4.78, 5) is 4.12. The maximum Gasteiger partial charge on any atom is 0.164 e. The number of rotatable bonds is 6. The van der Waals surface area contributed by atoms with Crippen LogP contribution < -0.4 is 10.1 Å². The van der Waals surface area contributed by atoms with Gasteiger partial charge in [0, 0.05) is 13.1 Å². The fourth-order valence-electron chi connectivity index (χ4n) is 1.78. The van der Waals surface area contributed by atoms with E-state index in [2.05, 4.69) is 34.5 Å². The van der Waals surface area contributed by atoms with Crippen LogP contribution in [0.1, 0.15) is 18.3 Å². The quantitative estimate of drug-likeness (QED) is 0.856. The molecule has 0 fully saturated rings. The number of nitrogens with zero attached hydrogens (tertiary/aromatic N) is 3. The topological polar surface area (TPSA) is 52.0 Å². The highest BCUT2D eigenvalue weighted by Gasteiger charge is 2.03. The Balaban J connectivity index is 1.90. The lowest BCUT2D eigenvalue weighted by molar-refractivity contribution is 0.289. The molecule has 0 radical (unpaired) electrons. The van der Waals surface area contributed by atoms with E-state index < -0.39 is 0 Å². The second kappa shape index (κ2) is 6.33. The van der Waals surface area contributed by atoms with Crippen LogP contribution in [0, 0.1) is 0 Å². The summed E-state index contributed by atoms with van der Waals surface area (Å²) in [5, 5.41) is 7.23. The van der Waals surface area contributed by atoms with E-state index in [1.54, 1.807) is 4.68 Å². The standard InChI is InChI=1S/C14H20N4O/c1-11(15-2)8-12-4-6-13(7-5-12)19-9-14-16-10-17-18(14)3/h4-7,10-11,15H,8-9H2,1-3H3. The second-order valence-corrected chi connectivity index (χ2v) is 4.63. The largest absolute Gasteiger partial charge is 0.486 e. The fourth-order valence-corrected chi connectivity index (χ4v) is 1.78. The van der Waals surface area contributed by atoms with Crippen molar-refractivity contribution in [2.75, 3.05) is 7.05 Å². The summed E-state index contributed by atoms with van der Waals surface area (Å²) in [6.07, 6.45) is 2.54. The van der Waals surface area contributed by atoms with Crippen LogP contribution in [0.5, 0.6) is 5.75 Å². The minimum absolute atomic E-state index is 0.433. The van der Waals surface area contributed by atoms with Crippen molar-refractivity contribution in [2.24, 2.45) is 7.05 Å². The van der Waals surface area contributed by atoms with Crippen molar-refractivity contribution >= 4 is 0 Å². The lowest BCUT2D eigenvalue weighted by Crippen LogP contribution is -2.23. The maximum absolute atomic E-state index is 5.68. The number of likely N-dealkylation sites (N-methyl/N-ethyl adjacent to an activating group) is 1. The van der Waals surface area contributed by atoms with Crippen LogP contribution in [0.4, 0.5) is 0 Å². The van der Waals surface area contributed by atoms with Crippen LogP contribution in [-0.4, -0.2) is 27.9 Å². The molecule has 0 saturated heterocycles. The maximum atomic E-state index is 5.68. The summed E-state index contributed by atoms with van der Waals surface area (Å²) in [6, 6.07) is 8.66. The van der Waals surface area contributed by atoms with Crippen LogP contribution in [0.25, 0.3) is 0 Å². The Morgan fingerprint density at radius 2 is 2.05 bits per heavy atom. The third-order valence-electron chi connectivity index (χ3n) is 3.13. The van der Waals surface area contributed by atoms with Crippen molar-refractivity contribution < 1.29 is 4.74 Å². The van der Waals surface area contributed by atoms with Crippen molar-refractivity contribution in [1.82, 2.24) is 20.1 Å². The van der Waals surface area contributed by atoms with Gasteiger partial charge in [0.15, 0.2) is 5.82 Å². The molecule has 0 aliphatic carbocycles. The summed E-state index contributed by atoms with van der Waals surface area (Å²) < 4.78 is 7.39. The van der Waals surface area contributed by atoms with Gasteiger partial charge in [-0.15, -0.1) is 0 Å². The van der Waals surface area contributed by atoms with Gasteiger partial charge in [-0.05, 0) is 38.1 Å². The lowest BCUT2D eigenvalue weighted by atomic mass is 10.1. The Labute approximate surface area is 113 Å². The molecular formula is C14H20N4O. The van der Waals surface area contributed by atoms with Gasteiger partial charge in [-0.1, -0.05) is 12.1 Å². The zero-order chi connectivity index (χ0) is 13.7. The number of aryl methyl sites for hydroxylation is 1. The molecule has 2 aromatic rings. The minimum Gasteiger partial charge on any atom is -0.486 e. The van der Waals surface area contributed by atoms with Crippen LogP contribution >= 0.6 is 0 Å². The van der Waals surface area contributed by atoms with Crippen LogP contribution in [0.15, 0.2) is 30.6 Å². The van der Waals surface area contributed by atoms with Gasteiger partial charge >= 0.3 is 0 Å². The molecule has 1 N–H and O–H groups in total. The predicted octanol–water partition coefficient (Wildman–Crippen LogP) is 1.54. The first kappa shape index (κ1) is 13.5. The molecule has 0 aliphatic heterocycles. The van der Waals surface area contributed by atoms with Gasteiger partial charge < -0.3 is 10.1 Å². The number of hydrogen-bond donors (Lipinski definition) is 1. The highest BCUT2D eigenvalue weighted by molar-refractivity contribution is 5.27. The Kier molecular flexibility index (Phi) is 4.52. The van der Waals surface area contributed by atoms with E-state index >= 15 is 0 Å². The lowest BCUT2D eigenvalue weighted by Gasteiger charge is -2.11. The minimum atomic E-state index is 0.433. The first-order chi connectivity index (χ1) is 9.19. The van der Waals surface area contributed by atoms with Crippen LogP contribution in [-0.2, 0) is 20.1 Å². The Bertz CT molecular complexity index is 506. The molecule has 102 valence electrons. The van der Waals surface area contributed by atoms with Crippen molar-refractivity contribution in [1.29, 1.82) is 0 Å². The molecule has 1 aromatic carbocycles. The summed E-state index contributed by atoms with van der Waals surface area (Å²) in [5.74, 6) is 1.66. The first-order valence-electron chi connectivity index (χ1n) is 6.41. The second-order valence-electron chi connectivity index (χ2n) is 4.63. The van der Waals surface area contributed by atoms with Gasteiger partial charge in [-0.2, -0.15) is 5.10 Å². The molecular weight excluding hydrogens is 240 g/mol. The number of ether oxygens (including phenoxy) is 1. The molecule has 2 rings (SSSR count). The van der Waals surface area contributed by atoms with E-state index in [-0.39, 0.29) is 0 Å². The SMILES string of the molecule is CNC(C)Cc1ccc(OCc2ncnn2C)cc1. The number of nitrogens with one attached hydrogen (secondary N) is 1.